The maximum absolute atomic E-state index is 11.8. The van der Waals surface area contributed by atoms with Gasteiger partial charge in [0, 0.05) is 29.5 Å². The second-order valence-corrected chi connectivity index (χ2v) is 4.63. The molecule has 0 aliphatic carbocycles. The van der Waals surface area contributed by atoms with Gasteiger partial charge >= 0.3 is 0 Å². The minimum absolute atomic E-state index is 0.0736. The van der Waals surface area contributed by atoms with Crippen LogP contribution in [-0.4, -0.2) is 23.3 Å². The highest BCUT2D eigenvalue weighted by Gasteiger charge is 2.08. The van der Waals surface area contributed by atoms with E-state index in [-0.39, 0.29) is 18.4 Å². The van der Waals surface area contributed by atoms with Crippen LogP contribution in [0.2, 0.25) is 5.02 Å². The van der Waals surface area contributed by atoms with Crippen LogP contribution in [0.1, 0.15) is 15.9 Å². The summed E-state index contributed by atoms with van der Waals surface area (Å²) in [5.41, 5.74) is 1.40. The van der Waals surface area contributed by atoms with Crippen LogP contribution in [0.3, 0.4) is 0 Å². The Kier molecular flexibility index (Phi) is 4.79. The molecule has 1 heterocycles. The van der Waals surface area contributed by atoms with Gasteiger partial charge in [-0.3, -0.25) is 9.59 Å². The van der Waals surface area contributed by atoms with E-state index in [1.807, 2.05) is 6.07 Å². The summed E-state index contributed by atoms with van der Waals surface area (Å²) in [5, 5.41) is 5.72. The summed E-state index contributed by atoms with van der Waals surface area (Å²) >= 11 is 5.80. The molecule has 6 heteroatoms. The molecule has 0 saturated heterocycles. The van der Waals surface area contributed by atoms with Crippen LogP contribution in [-0.2, 0) is 11.3 Å². The van der Waals surface area contributed by atoms with Crippen molar-refractivity contribution < 1.29 is 9.59 Å². The van der Waals surface area contributed by atoms with E-state index < -0.39 is 0 Å². The minimum Gasteiger partial charge on any atom is -0.367 e. The highest BCUT2D eigenvalue weighted by Crippen LogP contribution is 2.10. The normalized spacial score (nSPS) is 10.1. The van der Waals surface area contributed by atoms with Gasteiger partial charge in [0.25, 0.3) is 5.91 Å². The molecule has 20 heavy (non-hydrogen) atoms. The second kappa shape index (κ2) is 6.77. The summed E-state index contributed by atoms with van der Waals surface area (Å²) in [7, 11) is 0. The summed E-state index contributed by atoms with van der Waals surface area (Å²) in [5.74, 6) is -0.578. The van der Waals surface area contributed by atoms with Crippen molar-refractivity contribution in [1.82, 2.24) is 15.6 Å². The summed E-state index contributed by atoms with van der Waals surface area (Å²) in [4.78, 5) is 26.3. The molecule has 0 aliphatic rings. The summed E-state index contributed by atoms with van der Waals surface area (Å²) in [6, 6.07) is 8.42. The Balaban J connectivity index is 1.77. The maximum atomic E-state index is 11.8. The molecule has 0 aliphatic heterocycles. The zero-order valence-electron chi connectivity index (χ0n) is 10.7. The van der Waals surface area contributed by atoms with E-state index in [2.05, 4.69) is 15.6 Å². The lowest BCUT2D eigenvalue weighted by molar-refractivity contribution is -0.120. The van der Waals surface area contributed by atoms with Gasteiger partial charge in [-0.05, 0) is 29.8 Å². The molecule has 0 radical (unpaired) electrons. The van der Waals surface area contributed by atoms with E-state index in [1.165, 1.54) is 0 Å². The number of halogens is 1. The lowest BCUT2D eigenvalue weighted by atomic mass is 10.2. The molecule has 0 fully saturated rings. The Labute approximate surface area is 121 Å². The third-order valence-electron chi connectivity index (χ3n) is 2.65. The van der Waals surface area contributed by atoms with Crippen LogP contribution >= 0.6 is 11.6 Å². The Morgan fingerprint density at radius 2 is 2.05 bits per heavy atom. The van der Waals surface area contributed by atoms with Gasteiger partial charge in [-0.15, -0.1) is 0 Å². The van der Waals surface area contributed by atoms with Crippen molar-refractivity contribution >= 4 is 23.4 Å². The topological polar surface area (TPSA) is 74.0 Å². The van der Waals surface area contributed by atoms with E-state index in [4.69, 9.17) is 11.6 Å². The molecular formula is C14H14ClN3O2. The van der Waals surface area contributed by atoms with E-state index in [0.717, 1.165) is 5.56 Å². The van der Waals surface area contributed by atoms with E-state index in [9.17, 15) is 9.59 Å². The molecule has 2 aromatic rings. The van der Waals surface area contributed by atoms with Crippen LogP contribution in [0.4, 0.5) is 0 Å². The maximum Gasteiger partial charge on any atom is 0.251 e. The van der Waals surface area contributed by atoms with Gasteiger partial charge in [-0.2, -0.15) is 0 Å². The second-order valence-electron chi connectivity index (χ2n) is 4.19. The fraction of sp³-hybridized carbons (Fsp3) is 0.143. The number of rotatable bonds is 5. The van der Waals surface area contributed by atoms with Crippen molar-refractivity contribution in [2.45, 2.75) is 6.54 Å². The first-order chi connectivity index (χ1) is 9.65. The molecule has 0 bridgehead atoms. The van der Waals surface area contributed by atoms with Crippen molar-refractivity contribution in [3.8, 4) is 0 Å². The van der Waals surface area contributed by atoms with Crippen molar-refractivity contribution in [2.75, 3.05) is 6.54 Å². The van der Waals surface area contributed by atoms with Gasteiger partial charge in [-0.25, -0.2) is 0 Å². The molecule has 0 spiro atoms. The number of benzene rings is 1. The van der Waals surface area contributed by atoms with Crippen LogP contribution in [0, 0.1) is 0 Å². The zero-order chi connectivity index (χ0) is 14.4. The van der Waals surface area contributed by atoms with Gasteiger partial charge in [-0.1, -0.05) is 17.7 Å². The van der Waals surface area contributed by atoms with Crippen molar-refractivity contribution in [2.24, 2.45) is 0 Å². The van der Waals surface area contributed by atoms with Crippen LogP contribution in [0.25, 0.3) is 0 Å². The summed E-state index contributed by atoms with van der Waals surface area (Å²) < 4.78 is 0. The predicted octanol–water partition coefficient (Wildman–Crippen LogP) is 1.71. The Morgan fingerprint density at radius 3 is 2.75 bits per heavy atom. The number of hydrogen-bond donors (Lipinski definition) is 3. The van der Waals surface area contributed by atoms with Gasteiger partial charge in [0.2, 0.25) is 5.91 Å². The largest absolute Gasteiger partial charge is 0.367 e. The molecule has 5 nitrogen and oxygen atoms in total. The van der Waals surface area contributed by atoms with Crippen LogP contribution in [0.15, 0.2) is 42.7 Å². The van der Waals surface area contributed by atoms with Crippen LogP contribution < -0.4 is 10.6 Å². The summed E-state index contributed by atoms with van der Waals surface area (Å²) in [6.45, 7) is 0.352. The van der Waals surface area contributed by atoms with E-state index in [1.54, 1.807) is 36.7 Å². The molecular weight excluding hydrogens is 278 g/mol. The average molecular weight is 292 g/mol. The summed E-state index contributed by atoms with van der Waals surface area (Å²) in [6.07, 6.45) is 3.58. The van der Waals surface area contributed by atoms with Gasteiger partial charge < -0.3 is 15.6 Å². The fourth-order valence-electron chi connectivity index (χ4n) is 1.62. The Hall–Kier alpha value is -2.27. The van der Waals surface area contributed by atoms with Gasteiger partial charge in [0.05, 0.1) is 6.54 Å². The number of amides is 2. The number of nitrogens with one attached hydrogen (secondary N) is 3. The quantitative estimate of drug-likeness (QED) is 0.784. The van der Waals surface area contributed by atoms with E-state index in [0.29, 0.717) is 17.1 Å². The molecule has 1 aromatic heterocycles. The SMILES string of the molecule is O=C(CNC(=O)c1cccc(Cl)c1)NCc1cc[nH]c1. The molecule has 3 N–H and O–H groups in total. The molecule has 0 atom stereocenters. The number of H-pyrrole nitrogens is 1. The number of carbonyl (C=O) groups excluding carboxylic acids is 2. The first-order valence-corrected chi connectivity index (χ1v) is 6.45. The van der Waals surface area contributed by atoms with Crippen molar-refractivity contribution in [3.05, 3.63) is 58.9 Å². The zero-order valence-corrected chi connectivity index (χ0v) is 11.4. The molecule has 1 aromatic carbocycles. The average Bonchev–Trinajstić information content (AvgIpc) is 2.95. The fourth-order valence-corrected chi connectivity index (χ4v) is 1.81. The lowest BCUT2D eigenvalue weighted by Gasteiger charge is -2.06. The molecule has 0 saturated carbocycles. The highest BCUT2D eigenvalue weighted by atomic mass is 35.5. The number of aromatic amines is 1. The lowest BCUT2D eigenvalue weighted by Crippen LogP contribution is -2.36. The highest BCUT2D eigenvalue weighted by molar-refractivity contribution is 6.30. The first kappa shape index (κ1) is 14.1. The van der Waals surface area contributed by atoms with Gasteiger partial charge in [0.1, 0.15) is 0 Å². The predicted molar refractivity (Wildman–Crippen MR) is 76.4 cm³/mol. The standard InChI is InChI=1S/C14H14ClN3O2/c15-12-3-1-2-11(6-12)14(20)18-9-13(19)17-8-10-4-5-16-7-10/h1-7,16H,8-9H2,(H,17,19)(H,18,20). The molecule has 0 unspecified atom stereocenters. The Morgan fingerprint density at radius 1 is 1.20 bits per heavy atom. The Bertz CT molecular complexity index is 596. The smallest absolute Gasteiger partial charge is 0.251 e. The molecule has 2 amide bonds. The van der Waals surface area contributed by atoms with Crippen molar-refractivity contribution in [3.63, 3.8) is 0 Å². The third-order valence-corrected chi connectivity index (χ3v) is 2.88. The number of hydrogen-bond acceptors (Lipinski definition) is 2. The van der Waals surface area contributed by atoms with Crippen LogP contribution in [0.5, 0.6) is 0 Å². The van der Waals surface area contributed by atoms with Gasteiger partial charge in [0.15, 0.2) is 0 Å². The van der Waals surface area contributed by atoms with Crippen molar-refractivity contribution in [1.29, 1.82) is 0 Å². The minimum atomic E-state index is -0.329. The number of aromatic nitrogens is 1. The molecule has 104 valence electrons. The molecule has 2 rings (SSSR count). The number of carbonyl (C=O) groups is 2. The van der Waals surface area contributed by atoms with E-state index >= 15 is 0 Å². The monoisotopic (exact) mass is 291 g/mol. The first-order valence-electron chi connectivity index (χ1n) is 6.07. The third kappa shape index (κ3) is 4.13.